The third-order valence-corrected chi connectivity index (χ3v) is 5.84. The summed E-state index contributed by atoms with van der Waals surface area (Å²) in [7, 11) is 0. The number of hydrogen-bond donors (Lipinski definition) is 6. The number of nitrogens with zero attached hydrogens (tertiary/aromatic N) is 2. The number of aliphatic hydroxyl groups is 1. The first-order valence-electron chi connectivity index (χ1n) is 10.2. The summed E-state index contributed by atoms with van der Waals surface area (Å²) in [6.45, 7) is -0.494. The fourth-order valence-corrected chi connectivity index (χ4v) is 3.91. The van der Waals surface area contributed by atoms with Gasteiger partial charge in [-0.1, -0.05) is 0 Å². The van der Waals surface area contributed by atoms with Gasteiger partial charge in [-0.05, 0) is 31.3 Å². The SMILES string of the molecule is CSCCC(N)C(=O)NC(Cc1cnc[nH]1)C(=O)NC(CO)C(=O)N1CCCC1C(=O)O. The molecule has 0 saturated carbocycles. The highest BCUT2D eigenvalue weighted by Crippen LogP contribution is 2.18. The van der Waals surface area contributed by atoms with Gasteiger partial charge in [-0.2, -0.15) is 11.8 Å². The molecule has 0 spiro atoms. The number of carboxylic acid groups (broad SMARTS) is 1. The van der Waals surface area contributed by atoms with Crippen LogP contribution >= 0.6 is 11.8 Å². The summed E-state index contributed by atoms with van der Waals surface area (Å²) in [5.41, 5.74) is 6.46. The third kappa shape index (κ3) is 6.93. The number of aliphatic hydroxyl groups excluding tert-OH is 1. The normalized spacial score (nSPS) is 18.6. The average Bonchev–Trinajstić information content (AvgIpc) is 3.46. The molecule has 1 fully saturated rings. The van der Waals surface area contributed by atoms with Crippen molar-refractivity contribution in [1.82, 2.24) is 25.5 Å². The second-order valence-corrected chi connectivity index (χ2v) is 8.49. The van der Waals surface area contributed by atoms with Gasteiger partial charge in [0.2, 0.25) is 17.7 Å². The fourth-order valence-electron chi connectivity index (χ4n) is 3.43. The Kier molecular flexibility index (Phi) is 9.94. The summed E-state index contributed by atoms with van der Waals surface area (Å²) in [6.07, 6.45) is 6.11. The largest absolute Gasteiger partial charge is 0.480 e. The first-order valence-corrected chi connectivity index (χ1v) is 11.6. The van der Waals surface area contributed by atoms with Crippen molar-refractivity contribution in [3.05, 3.63) is 18.2 Å². The minimum atomic E-state index is -1.34. The van der Waals surface area contributed by atoms with Crippen LogP contribution in [0.2, 0.25) is 0 Å². The molecule has 12 nitrogen and oxygen atoms in total. The smallest absolute Gasteiger partial charge is 0.326 e. The lowest BCUT2D eigenvalue weighted by Gasteiger charge is -2.28. The molecule has 4 unspecified atom stereocenters. The third-order valence-electron chi connectivity index (χ3n) is 5.20. The number of H-pyrrole nitrogens is 1. The molecule has 0 aliphatic carbocycles. The van der Waals surface area contributed by atoms with Crippen LogP contribution in [0.15, 0.2) is 12.5 Å². The second-order valence-electron chi connectivity index (χ2n) is 7.50. The minimum Gasteiger partial charge on any atom is -0.480 e. The number of aromatic amines is 1. The van der Waals surface area contributed by atoms with Gasteiger partial charge in [-0.3, -0.25) is 14.4 Å². The predicted molar refractivity (Wildman–Crippen MR) is 117 cm³/mol. The van der Waals surface area contributed by atoms with Gasteiger partial charge in [0.15, 0.2) is 0 Å². The number of carbonyl (C=O) groups excluding carboxylic acids is 3. The first-order chi connectivity index (χ1) is 15.3. The number of amides is 3. The summed E-state index contributed by atoms with van der Waals surface area (Å²) in [6, 6.07) is -4.23. The summed E-state index contributed by atoms with van der Waals surface area (Å²) >= 11 is 1.54. The van der Waals surface area contributed by atoms with Gasteiger partial charge in [0.1, 0.15) is 18.1 Å². The Hall–Kier alpha value is -2.64. The number of thioether (sulfide) groups is 1. The topological polar surface area (TPSA) is 191 Å². The molecule has 1 aromatic heterocycles. The highest BCUT2D eigenvalue weighted by molar-refractivity contribution is 7.98. The monoisotopic (exact) mass is 470 g/mol. The van der Waals surface area contributed by atoms with Gasteiger partial charge in [-0.25, -0.2) is 9.78 Å². The number of aromatic nitrogens is 2. The predicted octanol–water partition coefficient (Wildman–Crippen LogP) is -1.93. The highest BCUT2D eigenvalue weighted by atomic mass is 32.2. The molecule has 1 aliphatic heterocycles. The quantitative estimate of drug-likeness (QED) is 0.202. The Morgan fingerprint density at radius 3 is 2.62 bits per heavy atom. The molecule has 1 saturated heterocycles. The number of nitrogens with one attached hydrogen (secondary N) is 3. The van der Waals surface area contributed by atoms with E-state index in [4.69, 9.17) is 5.73 Å². The van der Waals surface area contributed by atoms with E-state index in [0.29, 0.717) is 30.7 Å². The van der Waals surface area contributed by atoms with Crippen molar-refractivity contribution < 1.29 is 29.4 Å². The maximum Gasteiger partial charge on any atom is 0.326 e. The Bertz CT molecular complexity index is 791. The Labute approximate surface area is 189 Å². The zero-order valence-electron chi connectivity index (χ0n) is 17.8. The molecule has 0 aromatic carbocycles. The molecule has 1 aromatic rings. The number of nitrogens with two attached hydrogens (primary N) is 1. The fraction of sp³-hybridized carbons (Fsp3) is 0.632. The highest BCUT2D eigenvalue weighted by Gasteiger charge is 2.38. The van der Waals surface area contributed by atoms with E-state index in [0.717, 1.165) is 4.90 Å². The van der Waals surface area contributed by atoms with E-state index >= 15 is 0 Å². The number of carbonyl (C=O) groups is 4. The number of likely N-dealkylation sites (tertiary alicyclic amines) is 1. The van der Waals surface area contributed by atoms with Crippen molar-refractivity contribution >= 4 is 35.5 Å². The van der Waals surface area contributed by atoms with E-state index in [1.165, 1.54) is 12.5 Å². The van der Waals surface area contributed by atoms with Gasteiger partial charge in [0.25, 0.3) is 0 Å². The van der Waals surface area contributed by atoms with Crippen molar-refractivity contribution in [2.75, 3.05) is 25.2 Å². The Morgan fingerprint density at radius 1 is 1.31 bits per heavy atom. The van der Waals surface area contributed by atoms with Crippen molar-refractivity contribution in [3.8, 4) is 0 Å². The summed E-state index contributed by atoms with van der Waals surface area (Å²) in [4.78, 5) is 57.4. The summed E-state index contributed by atoms with van der Waals surface area (Å²) < 4.78 is 0. The molecule has 2 rings (SSSR count). The maximum atomic E-state index is 12.9. The van der Waals surface area contributed by atoms with Crippen LogP contribution in [-0.4, -0.2) is 98.1 Å². The van der Waals surface area contributed by atoms with E-state index < -0.39 is 54.5 Å². The van der Waals surface area contributed by atoms with Gasteiger partial charge in [0, 0.05) is 24.9 Å². The zero-order valence-corrected chi connectivity index (χ0v) is 18.6. The van der Waals surface area contributed by atoms with Crippen LogP contribution < -0.4 is 16.4 Å². The van der Waals surface area contributed by atoms with Crippen LogP contribution in [0.25, 0.3) is 0 Å². The molecule has 3 amide bonds. The van der Waals surface area contributed by atoms with Crippen molar-refractivity contribution in [2.24, 2.45) is 5.73 Å². The van der Waals surface area contributed by atoms with Gasteiger partial charge in [-0.15, -0.1) is 0 Å². The second kappa shape index (κ2) is 12.4. The Morgan fingerprint density at radius 2 is 2.03 bits per heavy atom. The molecule has 7 N–H and O–H groups in total. The van der Waals surface area contributed by atoms with Crippen LogP contribution in [0.3, 0.4) is 0 Å². The molecule has 1 aliphatic rings. The van der Waals surface area contributed by atoms with Crippen molar-refractivity contribution in [2.45, 2.75) is 49.9 Å². The lowest BCUT2D eigenvalue weighted by Crippen LogP contribution is -2.58. The van der Waals surface area contributed by atoms with Crippen LogP contribution in [0, 0.1) is 0 Å². The van der Waals surface area contributed by atoms with E-state index in [1.54, 1.807) is 11.8 Å². The van der Waals surface area contributed by atoms with Gasteiger partial charge >= 0.3 is 5.97 Å². The first kappa shape index (κ1) is 25.6. The van der Waals surface area contributed by atoms with E-state index in [1.807, 2.05) is 6.26 Å². The van der Waals surface area contributed by atoms with Gasteiger partial charge < -0.3 is 36.5 Å². The molecule has 13 heteroatoms. The Balaban J connectivity index is 2.10. The van der Waals surface area contributed by atoms with E-state index in [-0.39, 0.29) is 13.0 Å². The summed E-state index contributed by atoms with van der Waals surface area (Å²) in [5, 5.41) is 24.0. The number of imidazole rings is 1. The van der Waals surface area contributed by atoms with Gasteiger partial charge in [0.05, 0.1) is 19.0 Å². The molecule has 4 atom stereocenters. The van der Waals surface area contributed by atoms with Crippen LogP contribution in [0.4, 0.5) is 0 Å². The van der Waals surface area contributed by atoms with Crippen LogP contribution in [0.5, 0.6) is 0 Å². The maximum absolute atomic E-state index is 12.9. The molecule has 32 heavy (non-hydrogen) atoms. The number of aliphatic carboxylic acids is 1. The van der Waals surface area contributed by atoms with E-state index in [2.05, 4.69) is 20.6 Å². The molecule has 2 heterocycles. The van der Waals surface area contributed by atoms with Crippen molar-refractivity contribution in [3.63, 3.8) is 0 Å². The average molecular weight is 471 g/mol. The molecular formula is C19H30N6O6S. The van der Waals surface area contributed by atoms with E-state index in [9.17, 15) is 29.4 Å². The van der Waals surface area contributed by atoms with Crippen molar-refractivity contribution in [1.29, 1.82) is 0 Å². The summed E-state index contributed by atoms with van der Waals surface area (Å²) in [5.74, 6) is -2.37. The molecule has 178 valence electrons. The van der Waals surface area contributed by atoms with Crippen LogP contribution in [-0.2, 0) is 25.6 Å². The molecule has 0 bridgehead atoms. The zero-order chi connectivity index (χ0) is 23.7. The van der Waals surface area contributed by atoms with Crippen LogP contribution in [0.1, 0.15) is 25.0 Å². The molecular weight excluding hydrogens is 440 g/mol. The lowest BCUT2D eigenvalue weighted by atomic mass is 10.1. The number of carboxylic acids is 1. The minimum absolute atomic E-state index is 0.0562. The lowest BCUT2D eigenvalue weighted by molar-refractivity contribution is -0.150. The molecule has 0 radical (unpaired) electrons. The number of hydrogen-bond acceptors (Lipinski definition) is 8. The standard InChI is InChI=1S/C19H30N6O6S/c1-32-6-4-12(20)16(27)23-13(7-11-8-21-10-22-11)17(28)24-14(9-26)18(29)25-5-2-3-15(25)19(30)31/h8,10,12-15,26H,2-7,9,20H2,1H3,(H,21,22)(H,23,27)(H,24,28)(H,30,31). The number of rotatable bonds is 12.